The molecule has 0 saturated heterocycles. The van der Waals surface area contributed by atoms with Crippen molar-refractivity contribution in [1.29, 1.82) is 0 Å². The summed E-state index contributed by atoms with van der Waals surface area (Å²) >= 11 is -2.11. The first-order valence-corrected chi connectivity index (χ1v) is 11.8. The van der Waals surface area contributed by atoms with Gasteiger partial charge in [0.25, 0.3) is 0 Å². The van der Waals surface area contributed by atoms with Crippen LogP contribution in [0.15, 0.2) is 72.8 Å². The summed E-state index contributed by atoms with van der Waals surface area (Å²) in [4.78, 5) is 0. The normalized spacial score (nSPS) is 10.6. The number of hydrogen-bond donors (Lipinski definition) is 0. The Bertz CT molecular complexity index is 683. The van der Waals surface area contributed by atoms with Gasteiger partial charge >= 0.3 is 156 Å². The second-order valence-corrected chi connectivity index (χ2v) is 11.8. The van der Waals surface area contributed by atoms with E-state index < -0.39 is 20.2 Å². The molecule has 3 aromatic carbocycles. The van der Waals surface area contributed by atoms with Crippen LogP contribution in [-0.4, -0.2) is 41.5 Å². The molecule has 0 aromatic heterocycles. The van der Waals surface area contributed by atoms with Crippen molar-refractivity contribution >= 4 is 30.7 Å². The molecule has 0 aliphatic rings. The summed E-state index contributed by atoms with van der Waals surface area (Å²) in [6.07, 6.45) is 0. The molecule has 0 fully saturated rings. The van der Waals surface area contributed by atoms with Gasteiger partial charge in [-0.2, -0.15) is 0 Å². The first-order valence-electron chi connectivity index (χ1n) is 7.97. The van der Waals surface area contributed by atoms with Crippen molar-refractivity contribution in [2.75, 3.05) is 21.3 Å². The van der Waals surface area contributed by atoms with Crippen LogP contribution in [0, 0.1) is 0 Å². The number of benzene rings is 3. The standard InChI is InChI=1S/3C7H7O.Sb/c3*1-8-7-5-3-2-4-6-7;/h3*3-6H,1H3;. The molecule has 3 aromatic rings. The van der Waals surface area contributed by atoms with Gasteiger partial charge in [0, 0.05) is 0 Å². The molecular weight excluding hydrogens is 422 g/mol. The molecule has 0 N–H and O–H groups in total. The van der Waals surface area contributed by atoms with E-state index in [1.807, 2.05) is 36.4 Å². The summed E-state index contributed by atoms with van der Waals surface area (Å²) in [5.41, 5.74) is 0. The topological polar surface area (TPSA) is 27.7 Å². The number of rotatable bonds is 6. The molecule has 0 aliphatic carbocycles. The van der Waals surface area contributed by atoms with Gasteiger partial charge in [-0.15, -0.1) is 0 Å². The minimum atomic E-state index is -2.11. The molecule has 0 atom stereocenters. The Kier molecular flexibility index (Phi) is 5.88. The van der Waals surface area contributed by atoms with Gasteiger partial charge in [-0.25, -0.2) is 0 Å². The molecule has 0 aliphatic heterocycles. The van der Waals surface area contributed by atoms with Gasteiger partial charge in [0.15, 0.2) is 0 Å². The summed E-state index contributed by atoms with van der Waals surface area (Å²) in [6.45, 7) is 0. The summed E-state index contributed by atoms with van der Waals surface area (Å²) in [5.74, 6) is 2.65. The van der Waals surface area contributed by atoms with Crippen molar-refractivity contribution in [3.05, 3.63) is 72.8 Å². The molecule has 0 radical (unpaired) electrons. The van der Waals surface area contributed by atoms with Crippen LogP contribution in [0.3, 0.4) is 0 Å². The van der Waals surface area contributed by atoms with E-state index in [4.69, 9.17) is 14.2 Å². The van der Waals surface area contributed by atoms with E-state index >= 15 is 0 Å². The Hall–Kier alpha value is -2.12. The predicted molar refractivity (Wildman–Crippen MR) is 104 cm³/mol. The predicted octanol–water partition coefficient (Wildman–Crippen LogP) is 2.23. The first kappa shape index (κ1) is 17.7. The van der Waals surface area contributed by atoms with E-state index in [-0.39, 0.29) is 0 Å². The van der Waals surface area contributed by atoms with Crippen LogP contribution in [0.4, 0.5) is 0 Å². The van der Waals surface area contributed by atoms with Crippen LogP contribution in [0.1, 0.15) is 0 Å². The van der Waals surface area contributed by atoms with E-state index in [1.54, 1.807) is 21.3 Å². The van der Waals surface area contributed by atoms with Crippen LogP contribution < -0.4 is 24.7 Å². The Morgan fingerprint density at radius 1 is 0.440 bits per heavy atom. The summed E-state index contributed by atoms with van der Waals surface area (Å²) < 4.78 is 20.1. The summed E-state index contributed by atoms with van der Waals surface area (Å²) in [5, 5.41) is 0. The Morgan fingerprint density at radius 2 is 0.680 bits per heavy atom. The maximum atomic E-state index is 5.31. The van der Waals surface area contributed by atoms with Crippen molar-refractivity contribution in [2.24, 2.45) is 0 Å². The SMILES string of the molecule is COc1cc[c]([Sb]([c]2ccc(OC)cc2)[c]2ccc(OC)cc2)cc1. The van der Waals surface area contributed by atoms with Crippen LogP contribution >= 0.6 is 0 Å². The second kappa shape index (κ2) is 8.31. The number of ether oxygens (including phenoxy) is 3. The van der Waals surface area contributed by atoms with Gasteiger partial charge in [0.2, 0.25) is 0 Å². The molecule has 0 saturated carbocycles. The van der Waals surface area contributed by atoms with E-state index in [2.05, 4.69) is 36.4 Å². The van der Waals surface area contributed by atoms with Crippen molar-refractivity contribution in [3.63, 3.8) is 0 Å². The summed E-state index contributed by atoms with van der Waals surface area (Å²) in [6, 6.07) is 25.4. The molecule has 0 bridgehead atoms. The van der Waals surface area contributed by atoms with Crippen LogP contribution in [0.25, 0.3) is 0 Å². The Morgan fingerprint density at radius 3 is 0.880 bits per heavy atom. The fraction of sp³-hybridized carbons (Fsp3) is 0.143. The fourth-order valence-corrected chi connectivity index (χ4v) is 9.02. The van der Waals surface area contributed by atoms with Crippen molar-refractivity contribution in [3.8, 4) is 17.2 Å². The van der Waals surface area contributed by atoms with E-state index in [1.165, 1.54) is 10.5 Å². The van der Waals surface area contributed by atoms with Gasteiger partial charge in [0.1, 0.15) is 0 Å². The number of methoxy groups -OCH3 is 3. The third kappa shape index (κ3) is 4.11. The quantitative estimate of drug-likeness (QED) is 0.548. The molecule has 0 unspecified atom stereocenters. The third-order valence-corrected chi connectivity index (χ3v) is 11.0. The van der Waals surface area contributed by atoms with Gasteiger partial charge < -0.3 is 0 Å². The second-order valence-electron chi connectivity index (χ2n) is 5.43. The zero-order chi connectivity index (χ0) is 17.6. The zero-order valence-corrected chi connectivity index (χ0v) is 17.2. The van der Waals surface area contributed by atoms with Crippen molar-refractivity contribution in [1.82, 2.24) is 0 Å². The molecule has 3 nitrogen and oxygen atoms in total. The van der Waals surface area contributed by atoms with E-state index in [0.29, 0.717) is 0 Å². The Balaban J connectivity index is 2.04. The molecule has 0 spiro atoms. The molecular formula is C21H21O3Sb. The van der Waals surface area contributed by atoms with Crippen LogP contribution in [0.2, 0.25) is 0 Å². The zero-order valence-electron chi connectivity index (χ0n) is 14.6. The van der Waals surface area contributed by atoms with Gasteiger partial charge in [0.05, 0.1) is 0 Å². The molecule has 3 rings (SSSR count). The van der Waals surface area contributed by atoms with E-state index in [0.717, 1.165) is 17.2 Å². The van der Waals surface area contributed by atoms with Crippen LogP contribution in [-0.2, 0) is 0 Å². The third-order valence-electron chi connectivity index (χ3n) is 3.99. The van der Waals surface area contributed by atoms with Crippen LogP contribution in [0.5, 0.6) is 17.2 Å². The van der Waals surface area contributed by atoms with Crippen molar-refractivity contribution in [2.45, 2.75) is 0 Å². The fourth-order valence-electron chi connectivity index (χ4n) is 2.64. The molecule has 25 heavy (non-hydrogen) atoms. The maximum absolute atomic E-state index is 5.31. The monoisotopic (exact) mass is 442 g/mol. The number of hydrogen-bond acceptors (Lipinski definition) is 3. The molecule has 4 heteroatoms. The minimum absolute atomic E-state index is 0.883. The molecule has 128 valence electrons. The Labute approximate surface area is 156 Å². The first-order chi connectivity index (χ1) is 12.2. The average molecular weight is 443 g/mol. The van der Waals surface area contributed by atoms with Gasteiger partial charge in [-0.3, -0.25) is 0 Å². The summed E-state index contributed by atoms with van der Waals surface area (Å²) in [7, 11) is 5.08. The van der Waals surface area contributed by atoms with Crippen molar-refractivity contribution < 1.29 is 14.2 Å². The average Bonchev–Trinajstić information content (AvgIpc) is 2.70. The van der Waals surface area contributed by atoms with Gasteiger partial charge in [-0.05, 0) is 0 Å². The molecule has 0 heterocycles. The van der Waals surface area contributed by atoms with E-state index in [9.17, 15) is 0 Å². The molecule has 0 amide bonds. The van der Waals surface area contributed by atoms with Gasteiger partial charge in [-0.1, -0.05) is 0 Å².